The van der Waals surface area contributed by atoms with E-state index in [2.05, 4.69) is 38.4 Å². The fourth-order valence-corrected chi connectivity index (χ4v) is 4.35. The molecule has 1 aliphatic rings. The smallest absolute Gasteiger partial charge is 0.235 e. The molecular weight excluding hydrogens is 438 g/mol. The Morgan fingerprint density at radius 3 is 2.79 bits per heavy atom. The number of halogens is 1. The Kier molecular flexibility index (Phi) is 7.50. The molecule has 2 unspecified atom stereocenters. The van der Waals surface area contributed by atoms with Gasteiger partial charge in [0.15, 0.2) is 0 Å². The summed E-state index contributed by atoms with van der Waals surface area (Å²) in [6.07, 6.45) is 3.28. The average Bonchev–Trinajstić information content (AvgIpc) is 2.74. The molecule has 1 aliphatic heterocycles. The highest BCUT2D eigenvalue weighted by molar-refractivity contribution is 9.10. The quantitative estimate of drug-likeness (QED) is 0.694. The number of pyridine rings is 1. The van der Waals surface area contributed by atoms with Crippen LogP contribution in [0.3, 0.4) is 0 Å². The highest BCUT2D eigenvalue weighted by Gasteiger charge is 2.30. The topological polar surface area (TPSA) is 62.3 Å². The van der Waals surface area contributed by atoms with Crippen molar-refractivity contribution in [1.82, 2.24) is 9.88 Å². The number of piperidine rings is 1. The molecule has 0 radical (unpaired) electrons. The third-order valence-electron chi connectivity index (χ3n) is 4.77. The standard InChI is InChI=1S/C21H24BrN3O2S/c1-15(28-14-16-6-3-2-4-7-16)21(27)25-11-5-8-17(13-25)20(26)24-19-10-9-18(22)12-23-19/h2-4,6-7,9-10,12,15,17H,5,8,11,13-14H2,1H3,(H,23,24,26). The van der Waals surface area contributed by atoms with Gasteiger partial charge >= 0.3 is 0 Å². The van der Waals surface area contributed by atoms with E-state index in [1.54, 1.807) is 24.0 Å². The number of hydrogen-bond acceptors (Lipinski definition) is 4. The van der Waals surface area contributed by atoms with Gasteiger partial charge in [-0.2, -0.15) is 0 Å². The highest BCUT2D eigenvalue weighted by atomic mass is 79.9. The summed E-state index contributed by atoms with van der Waals surface area (Å²) in [6.45, 7) is 3.14. The molecule has 28 heavy (non-hydrogen) atoms. The third kappa shape index (κ3) is 5.82. The van der Waals surface area contributed by atoms with Crippen LogP contribution in [0.1, 0.15) is 25.3 Å². The summed E-state index contributed by atoms with van der Waals surface area (Å²) in [5.41, 5.74) is 1.21. The fraction of sp³-hybridized carbons (Fsp3) is 0.381. The van der Waals surface area contributed by atoms with Crippen LogP contribution in [0.5, 0.6) is 0 Å². The van der Waals surface area contributed by atoms with Gasteiger partial charge in [-0.3, -0.25) is 9.59 Å². The molecule has 0 saturated carbocycles. The van der Waals surface area contributed by atoms with Crippen LogP contribution < -0.4 is 5.32 Å². The number of nitrogens with zero attached hydrogens (tertiary/aromatic N) is 2. The maximum absolute atomic E-state index is 12.8. The second-order valence-corrected chi connectivity index (χ2v) is 9.16. The minimum atomic E-state index is -0.200. The van der Waals surface area contributed by atoms with Gasteiger partial charge in [0.25, 0.3) is 0 Å². The SMILES string of the molecule is CC(SCc1ccccc1)C(=O)N1CCCC(C(=O)Nc2ccc(Br)cn2)C1. The lowest BCUT2D eigenvalue weighted by Crippen LogP contribution is -2.46. The lowest BCUT2D eigenvalue weighted by Gasteiger charge is -2.33. The Bertz CT molecular complexity index is 801. The molecule has 7 heteroatoms. The second-order valence-electron chi connectivity index (χ2n) is 6.91. The summed E-state index contributed by atoms with van der Waals surface area (Å²) in [5, 5.41) is 2.73. The first-order valence-electron chi connectivity index (χ1n) is 9.39. The van der Waals surface area contributed by atoms with Crippen molar-refractivity contribution in [2.45, 2.75) is 30.8 Å². The first kappa shape index (κ1) is 20.9. The van der Waals surface area contributed by atoms with Gasteiger partial charge in [0.2, 0.25) is 11.8 Å². The van der Waals surface area contributed by atoms with Gasteiger partial charge in [-0.1, -0.05) is 30.3 Å². The predicted octanol–water partition coefficient (Wildman–Crippen LogP) is 4.34. The summed E-state index contributed by atoms with van der Waals surface area (Å²) in [6, 6.07) is 13.8. The van der Waals surface area contributed by atoms with Gasteiger partial charge in [-0.05, 0) is 53.4 Å². The molecule has 3 rings (SSSR count). The molecule has 1 aromatic heterocycles. The number of amides is 2. The van der Waals surface area contributed by atoms with Gasteiger partial charge < -0.3 is 10.2 Å². The zero-order valence-corrected chi connectivity index (χ0v) is 18.2. The molecule has 5 nitrogen and oxygen atoms in total. The van der Waals surface area contributed by atoms with Crippen molar-refractivity contribution >= 4 is 45.3 Å². The third-order valence-corrected chi connectivity index (χ3v) is 6.44. The molecule has 2 heterocycles. The van der Waals surface area contributed by atoms with Crippen molar-refractivity contribution in [2.75, 3.05) is 18.4 Å². The first-order valence-corrected chi connectivity index (χ1v) is 11.2. The van der Waals surface area contributed by atoms with Crippen LogP contribution in [0.4, 0.5) is 5.82 Å². The molecule has 0 aliphatic carbocycles. The van der Waals surface area contributed by atoms with Crippen molar-refractivity contribution in [3.63, 3.8) is 0 Å². The Morgan fingerprint density at radius 2 is 2.07 bits per heavy atom. The van der Waals surface area contributed by atoms with Gasteiger partial charge in [0.05, 0.1) is 11.2 Å². The monoisotopic (exact) mass is 461 g/mol. The Balaban J connectivity index is 1.52. The van der Waals surface area contributed by atoms with Crippen LogP contribution in [-0.2, 0) is 15.3 Å². The van der Waals surface area contributed by atoms with Crippen LogP contribution in [0.15, 0.2) is 53.1 Å². The predicted molar refractivity (Wildman–Crippen MR) is 117 cm³/mol. The van der Waals surface area contributed by atoms with E-state index < -0.39 is 0 Å². The molecule has 1 aromatic carbocycles. The van der Waals surface area contributed by atoms with Crippen LogP contribution in [-0.4, -0.2) is 40.0 Å². The van der Waals surface area contributed by atoms with E-state index in [9.17, 15) is 9.59 Å². The number of carbonyl (C=O) groups excluding carboxylic acids is 2. The van der Waals surface area contributed by atoms with E-state index in [4.69, 9.17) is 0 Å². The van der Waals surface area contributed by atoms with Crippen LogP contribution >= 0.6 is 27.7 Å². The number of rotatable bonds is 6. The zero-order chi connectivity index (χ0) is 19.9. The van der Waals surface area contributed by atoms with E-state index >= 15 is 0 Å². The Morgan fingerprint density at radius 1 is 1.29 bits per heavy atom. The molecule has 2 aromatic rings. The second kappa shape index (κ2) is 10.1. The van der Waals surface area contributed by atoms with E-state index in [1.165, 1.54) is 5.56 Å². The Hall–Kier alpha value is -1.86. The van der Waals surface area contributed by atoms with Crippen molar-refractivity contribution in [3.8, 4) is 0 Å². The highest BCUT2D eigenvalue weighted by Crippen LogP contribution is 2.24. The maximum atomic E-state index is 12.8. The van der Waals surface area contributed by atoms with Crippen LogP contribution in [0, 0.1) is 5.92 Å². The molecule has 1 N–H and O–H groups in total. The number of carbonyl (C=O) groups is 2. The molecule has 148 valence electrons. The van der Waals surface area contributed by atoms with Gasteiger partial charge in [-0.25, -0.2) is 4.98 Å². The van der Waals surface area contributed by atoms with Crippen LogP contribution in [0.25, 0.3) is 0 Å². The number of aromatic nitrogens is 1. The van der Waals surface area contributed by atoms with Crippen molar-refractivity contribution in [1.29, 1.82) is 0 Å². The first-order chi connectivity index (χ1) is 13.5. The Labute approximate surface area is 178 Å². The number of benzene rings is 1. The number of likely N-dealkylation sites (tertiary alicyclic amines) is 1. The van der Waals surface area contributed by atoms with Crippen LogP contribution in [0.2, 0.25) is 0 Å². The summed E-state index contributed by atoms with van der Waals surface area (Å²) in [4.78, 5) is 31.5. The number of hydrogen-bond donors (Lipinski definition) is 1. The van der Waals surface area contributed by atoms with E-state index in [0.29, 0.717) is 12.4 Å². The zero-order valence-electron chi connectivity index (χ0n) is 15.8. The molecule has 2 amide bonds. The van der Waals surface area contributed by atoms with Crippen molar-refractivity contribution in [2.24, 2.45) is 5.92 Å². The largest absolute Gasteiger partial charge is 0.341 e. The summed E-state index contributed by atoms with van der Waals surface area (Å²) < 4.78 is 0.863. The molecule has 0 spiro atoms. The number of nitrogens with one attached hydrogen (secondary N) is 1. The number of thioether (sulfide) groups is 1. The maximum Gasteiger partial charge on any atom is 0.235 e. The van der Waals surface area contributed by atoms with Gasteiger partial charge in [0, 0.05) is 29.5 Å². The fourth-order valence-electron chi connectivity index (χ4n) is 3.19. The molecule has 2 atom stereocenters. The lowest BCUT2D eigenvalue weighted by molar-refractivity contribution is -0.133. The van der Waals surface area contributed by atoms with Crippen molar-refractivity contribution in [3.05, 3.63) is 58.7 Å². The normalized spacial score (nSPS) is 17.8. The summed E-state index contributed by atoms with van der Waals surface area (Å²) >= 11 is 4.97. The summed E-state index contributed by atoms with van der Waals surface area (Å²) in [7, 11) is 0. The van der Waals surface area contributed by atoms with E-state index in [1.807, 2.05) is 36.1 Å². The molecular formula is C21H24BrN3O2S. The van der Waals surface area contributed by atoms with Gasteiger partial charge in [-0.15, -0.1) is 11.8 Å². The van der Waals surface area contributed by atoms with Crippen molar-refractivity contribution < 1.29 is 9.59 Å². The van der Waals surface area contributed by atoms with E-state index in [0.717, 1.165) is 29.6 Å². The van der Waals surface area contributed by atoms with E-state index in [-0.39, 0.29) is 23.0 Å². The minimum Gasteiger partial charge on any atom is -0.341 e. The summed E-state index contributed by atoms with van der Waals surface area (Å²) in [5.74, 6) is 1.18. The number of anilines is 1. The minimum absolute atomic E-state index is 0.0723. The lowest BCUT2D eigenvalue weighted by atomic mass is 9.97. The molecule has 0 bridgehead atoms. The molecule has 1 saturated heterocycles. The molecule has 1 fully saturated rings. The average molecular weight is 462 g/mol. The van der Waals surface area contributed by atoms with Gasteiger partial charge in [0.1, 0.15) is 5.82 Å².